The van der Waals surface area contributed by atoms with Crippen molar-refractivity contribution >= 4 is 34.8 Å². The SMILES string of the molecule is CC1Oc2ccc(NC(=O)CCC3CCCCC3)cc2N(CC(=O)Nc2ccccc2)C1=O. The first-order valence-corrected chi connectivity index (χ1v) is 11.8. The number of carbonyl (C=O) groups is 3. The van der Waals surface area contributed by atoms with Crippen LogP contribution in [0.1, 0.15) is 51.9 Å². The number of carbonyl (C=O) groups excluding carboxylic acids is 3. The summed E-state index contributed by atoms with van der Waals surface area (Å²) >= 11 is 0. The van der Waals surface area contributed by atoms with E-state index in [9.17, 15) is 14.4 Å². The maximum Gasteiger partial charge on any atom is 0.268 e. The van der Waals surface area contributed by atoms with Gasteiger partial charge in [0.2, 0.25) is 11.8 Å². The molecule has 2 N–H and O–H groups in total. The number of para-hydroxylation sites is 1. The zero-order valence-electron chi connectivity index (χ0n) is 19.0. The van der Waals surface area contributed by atoms with Gasteiger partial charge in [-0.15, -0.1) is 0 Å². The van der Waals surface area contributed by atoms with Gasteiger partial charge in [-0.2, -0.15) is 0 Å². The summed E-state index contributed by atoms with van der Waals surface area (Å²) in [5, 5.41) is 5.75. The Morgan fingerprint density at radius 3 is 2.45 bits per heavy atom. The molecule has 3 amide bonds. The molecule has 7 heteroatoms. The van der Waals surface area contributed by atoms with E-state index in [1.54, 1.807) is 37.3 Å². The summed E-state index contributed by atoms with van der Waals surface area (Å²) in [5.74, 6) is 0.502. The van der Waals surface area contributed by atoms with Gasteiger partial charge in [0.05, 0.1) is 5.69 Å². The first-order valence-electron chi connectivity index (χ1n) is 11.8. The Bertz CT molecular complexity index is 1000. The van der Waals surface area contributed by atoms with Crippen molar-refractivity contribution < 1.29 is 19.1 Å². The molecule has 4 rings (SSSR count). The average Bonchev–Trinajstić information content (AvgIpc) is 2.82. The molecule has 0 spiro atoms. The molecule has 0 radical (unpaired) electrons. The van der Waals surface area contributed by atoms with Crippen LogP contribution in [0.25, 0.3) is 0 Å². The van der Waals surface area contributed by atoms with Crippen LogP contribution in [0.4, 0.5) is 17.1 Å². The van der Waals surface area contributed by atoms with Crippen LogP contribution in [0.5, 0.6) is 5.75 Å². The predicted octanol–water partition coefficient (Wildman–Crippen LogP) is 4.74. The van der Waals surface area contributed by atoms with Crippen LogP contribution in [-0.4, -0.2) is 30.4 Å². The highest BCUT2D eigenvalue weighted by Crippen LogP contribution is 2.36. The first-order chi connectivity index (χ1) is 16.0. The van der Waals surface area contributed by atoms with Crippen molar-refractivity contribution in [3.63, 3.8) is 0 Å². The number of fused-ring (bicyclic) bond motifs is 1. The second-order valence-corrected chi connectivity index (χ2v) is 8.87. The fourth-order valence-corrected chi connectivity index (χ4v) is 4.55. The van der Waals surface area contributed by atoms with Crippen molar-refractivity contribution in [3.8, 4) is 5.75 Å². The van der Waals surface area contributed by atoms with Gasteiger partial charge in [0, 0.05) is 17.8 Å². The molecule has 174 valence electrons. The van der Waals surface area contributed by atoms with Crippen LogP contribution in [0.3, 0.4) is 0 Å². The van der Waals surface area contributed by atoms with Gasteiger partial charge >= 0.3 is 0 Å². The number of hydrogen-bond acceptors (Lipinski definition) is 4. The van der Waals surface area contributed by atoms with E-state index in [1.165, 1.54) is 37.0 Å². The van der Waals surface area contributed by atoms with Gasteiger partial charge in [0.15, 0.2) is 6.10 Å². The van der Waals surface area contributed by atoms with Gasteiger partial charge in [-0.3, -0.25) is 19.3 Å². The van der Waals surface area contributed by atoms with Crippen molar-refractivity contribution in [1.82, 2.24) is 0 Å². The monoisotopic (exact) mass is 449 g/mol. The van der Waals surface area contributed by atoms with Gasteiger partial charge in [-0.05, 0) is 49.6 Å². The number of nitrogens with one attached hydrogen (secondary N) is 2. The van der Waals surface area contributed by atoms with Crippen molar-refractivity contribution in [1.29, 1.82) is 0 Å². The van der Waals surface area contributed by atoms with E-state index >= 15 is 0 Å². The Kier molecular flexibility index (Phi) is 7.27. The van der Waals surface area contributed by atoms with Crippen molar-refractivity contribution in [2.75, 3.05) is 22.1 Å². The minimum absolute atomic E-state index is 0.0367. The summed E-state index contributed by atoms with van der Waals surface area (Å²) < 4.78 is 5.73. The van der Waals surface area contributed by atoms with E-state index < -0.39 is 6.10 Å². The number of benzene rings is 2. The fraction of sp³-hybridized carbons (Fsp3) is 0.423. The van der Waals surface area contributed by atoms with Crippen LogP contribution in [0, 0.1) is 5.92 Å². The molecule has 2 aromatic rings. The molecule has 1 aliphatic carbocycles. The summed E-state index contributed by atoms with van der Waals surface area (Å²) in [4.78, 5) is 39.4. The van der Waals surface area contributed by atoms with Crippen LogP contribution >= 0.6 is 0 Å². The molecule has 0 saturated heterocycles. The predicted molar refractivity (Wildman–Crippen MR) is 128 cm³/mol. The molecule has 1 fully saturated rings. The van der Waals surface area contributed by atoms with E-state index in [2.05, 4.69) is 10.6 Å². The Hall–Kier alpha value is -3.35. The molecule has 1 atom stereocenters. The smallest absolute Gasteiger partial charge is 0.268 e. The average molecular weight is 450 g/mol. The lowest BCUT2D eigenvalue weighted by atomic mass is 9.86. The van der Waals surface area contributed by atoms with E-state index in [-0.39, 0.29) is 24.3 Å². The highest BCUT2D eigenvalue weighted by atomic mass is 16.5. The van der Waals surface area contributed by atoms with Gasteiger partial charge < -0.3 is 15.4 Å². The van der Waals surface area contributed by atoms with Crippen molar-refractivity contribution in [3.05, 3.63) is 48.5 Å². The minimum atomic E-state index is -0.696. The van der Waals surface area contributed by atoms with E-state index in [1.807, 2.05) is 18.2 Å². The van der Waals surface area contributed by atoms with Crippen LogP contribution < -0.4 is 20.3 Å². The normalized spacial score (nSPS) is 18.3. The standard InChI is InChI=1S/C26H31N3O4/c1-18-26(32)29(17-25(31)27-20-10-6-3-7-11-20)22-16-21(13-14-23(22)33-18)28-24(30)15-12-19-8-4-2-5-9-19/h3,6-7,10-11,13-14,16,18-19H,2,4-5,8-9,12,15,17H2,1H3,(H,27,31)(H,28,30). The zero-order valence-corrected chi connectivity index (χ0v) is 19.0. The fourth-order valence-electron chi connectivity index (χ4n) is 4.55. The maximum atomic E-state index is 12.8. The topological polar surface area (TPSA) is 87.7 Å². The lowest BCUT2D eigenvalue weighted by Gasteiger charge is -2.33. The van der Waals surface area contributed by atoms with E-state index in [4.69, 9.17) is 4.74 Å². The van der Waals surface area contributed by atoms with Crippen molar-refractivity contribution in [2.24, 2.45) is 5.92 Å². The highest BCUT2D eigenvalue weighted by molar-refractivity contribution is 6.06. The van der Waals surface area contributed by atoms with E-state index in [0.29, 0.717) is 35.2 Å². The lowest BCUT2D eigenvalue weighted by molar-refractivity contribution is -0.127. The van der Waals surface area contributed by atoms with Gasteiger partial charge in [-0.1, -0.05) is 50.3 Å². The third-order valence-electron chi connectivity index (χ3n) is 6.31. The maximum absolute atomic E-state index is 12.8. The third-order valence-corrected chi connectivity index (χ3v) is 6.31. The first kappa shape index (κ1) is 22.8. The van der Waals surface area contributed by atoms with Crippen LogP contribution in [0.15, 0.2) is 48.5 Å². The molecule has 1 heterocycles. The lowest BCUT2D eigenvalue weighted by Crippen LogP contribution is -2.47. The Balaban J connectivity index is 1.43. The Labute approximate surface area is 194 Å². The Morgan fingerprint density at radius 2 is 1.70 bits per heavy atom. The quantitative estimate of drug-likeness (QED) is 0.639. The second kappa shape index (κ2) is 10.5. The molecule has 1 saturated carbocycles. The van der Waals surface area contributed by atoms with Crippen LogP contribution in [-0.2, 0) is 14.4 Å². The number of anilines is 3. The molecular formula is C26H31N3O4. The van der Waals surface area contributed by atoms with E-state index in [0.717, 1.165) is 6.42 Å². The number of rotatable bonds is 7. The van der Waals surface area contributed by atoms with Gasteiger partial charge in [0.25, 0.3) is 5.91 Å². The molecule has 0 bridgehead atoms. The number of amides is 3. The Morgan fingerprint density at radius 1 is 0.970 bits per heavy atom. The third kappa shape index (κ3) is 5.92. The highest BCUT2D eigenvalue weighted by Gasteiger charge is 2.33. The largest absolute Gasteiger partial charge is 0.479 e. The summed E-state index contributed by atoms with van der Waals surface area (Å²) in [6.45, 7) is 1.52. The molecule has 7 nitrogen and oxygen atoms in total. The summed E-state index contributed by atoms with van der Waals surface area (Å²) in [7, 11) is 0. The van der Waals surface area contributed by atoms with Gasteiger partial charge in [-0.25, -0.2) is 0 Å². The molecule has 2 aliphatic rings. The molecule has 0 aromatic heterocycles. The van der Waals surface area contributed by atoms with Gasteiger partial charge in [0.1, 0.15) is 12.3 Å². The zero-order chi connectivity index (χ0) is 23.2. The molecule has 1 aliphatic heterocycles. The molecule has 33 heavy (non-hydrogen) atoms. The molecule has 2 aromatic carbocycles. The molecular weight excluding hydrogens is 418 g/mol. The summed E-state index contributed by atoms with van der Waals surface area (Å²) in [6.07, 6.45) is 6.94. The summed E-state index contributed by atoms with van der Waals surface area (Å²) in [5.41, 5.74) is 1.73. The van der Waals surface area contributed by atoms with Crippen molar-refractivity contribution in [2.45, 2.75) is 58.0 Å². The number of nitrogens with zero attached hydrogens (tertiary/aromatic N) is 1. The second-order valence-electron chi connectivity index (χ2n) is 8.87. The summed E-state index contributed by atoms with van der Waals surface area (Å²) in [6, 6.07) is 14.3. The number of hydrogen-bond donors (Lipinski definition) is 2. The molecule has 1 unspecified atom stereocenters. The van der Waals surface area contributed by atoms with Crippen LogP contribution in [0.2, 0.25) is 0 Å². The number of ether oxygens (including phenoxy) is 1. The minimum Gasteiger partial charge on any atom is -0.479 e.